The Morgan fingerprint density at radius 3 is 2.00 bits per heavy atom. The predicted molar refractivity (Wildman–Crippen MR) is 41.3 cm³/mol. The van der Waals surface area contributed by atoms with E-state index in [0.29, 0.717) is 5.75 Å². The van der Waals surface area contributed by atoms with Gasteiger partial charge in [-0.1, -0.05) is 17.7 Å². The van der Waals surface area contributed by atoms with E-state index in [-0.39, 0.29) is 0 Å². The van der Waals surface area contributed by atoms with Crippen LogP contribution in [0.3, 0.4) is 0 Å². The monoisotopic (exact) mass is 151 g/mol. The Hall–Kier alpha value is -1.60. The van der Waals surface area contributed by atoms with Gasteiger partial charge in [-0.25, -0.2) is 10.2 Å². The summed E-state index contributed by atoms with van der Waals surface area (Å²) in [6.45, 7) is 1.99. The van der Waals surface area contributed by atoms with Crippen LogP contribution in [0, 0.1) is 12.3 Å². The maximum Gasteiger partial charge on any atom is 0.231 e. The van der Waals surface area contributed by atoms with Crippen molar-refractivity contribution in [1.29, 1.82) is 5.41 Å². The summed E-state index contributed by atoms with van der Waals surface area (Å²) in [5.41, 5.74) is 1.17. The highest BCUT2D eigenvalue weighted by Gasteiger charge is 1.82. The molecule has 0 aliphatic rings. The lowest BCUT2D eigenvalue weighted by atomic mass is 10.2. The van der Waals surface area contributed by atoms with E-state index in [0.717, 1.165) is 6.08 Å². The summed E-state index contributed by atoms with van der Waals surface area (Å²) in [7, 11) is 0. The van der Waals surface area contributed by atoms with Gasteiger partial charge in [-0.15, -0.1) is 0 Å². The fourth-order valence-electron chi connectivity index (χ4n) is 0.545. The summed E-state index contributed by atoms with van der Waals surface area (Å²) >= 11 is 0. The molecule has 1 aromatic rings. The molecule has 58 valence electrons. The number of isocyanates is 1. The molecule has 0 bridgehead atoms. The summed E-state index contributed by atoms with van der Waals surface area (Å²) in [6, 6.07) is 7.09. The third kappa shape index (κ3) is 4.88. The molecule has 0 spiro atoms. The molecule has 0 unspecified atom stereocenters. The normalized spacial score (nSPS) is 7.36. The number of phenols is 1. The molecule has 0 aromatic heterocycles. The van der Waals surface area contributed by atoms with Crippen LogP contribution < -0.4 is 0 Å². The minimum Gasteiger partial charge on any atom is -0.508 e. The maximum absolute atomic E-state index is 8.76. The van der Waals surface area contributed by atoms with E-state index in [4.69, 9.17) is 15.3 Å². The number of hydrogen-bond donors (Lipinski definition) is 2. The van der Waals surface area contributed by atoms with Crippen molar-refractivity contribution in [3.63, 3.8) is 0 Å². The van der Waals surface area contributed by atoms with Gasteiger partial charge in [-0.3, -0.25) is 0 Å². The van der Waals surface area contributed by atoms with Gasteiger partial charge in [-0.2, -0.15) is 0 Å². The third-order valence-electron chi connectivity index (χ3n) is 1.03. The molecule has 0 aliphatic heterocycles. The van der Waals surface area contributed by atoms with Crippen LogP contribution >= 0.6 is 0 Å². The van der Waals surface area contributed by atoms with Crippen molar-refractivity contribution in [3.8, 4) is 5.75 Å². The van der Waals surface area contributed by atoms with Gasteiger partial charge in [-0.05, 0) is 19.1 Å². The smallest absolute Gasteiger partial charge is 0.231 e. The van der Waals surface area contributed by atoms with Gasteiger partial charge in [0.05, 0.1) is 0 Å². The summed E-state index contributed by atoms with van der Waals surface area (Å²) < 4.78 is 0. The highest BCUT2D eigenvalue weighted by Crippen LogP contribution is 2.07. The van der Waals surface area contributed by atoms with Gasteiger partial charge in [0, 0.05) is 0 Å². The molecule has 1 rings (SSSR count). The van der Waals surface area contributed by atoms with Crippen molar-refractivity contribution in [2.24, 2.45) is 0 Å². The molecule has 0 heterocycles. The van der Waals surface area contributed by atoms with E-state index in [9.17, 15) is 0 Å². The van der Waals surface area contributed by atoms with Crippen LogP contribution in [0.25, 0.3) is 0 Å². The summed E-state index contributed by atoms with van der Waals surface area (Å²) in [4.78, 5) is 8.35. The van der Waals surface area contributed by atoms with Gasteiger partial charge in [0.25, 0.3) is 0 Å². The average Bonchev–Trinajstić information content (AvgIpc) is 1.97. The molecule has 0 amide bonds. The predicted octanol–water partition coefficient (Wildman–Crippen LogP) is 1.60. The number of nitrogens with one attached hydrogen (secondary N) is 1. The molecule has 3 heteroatoms. The molecule has 0 fully saturated rings. The van der Waals surface area contributed by atoms with E-state index in [2.05, 4.69) is 0 Å². The van der Waals surface area contributed by atoms with Gasteiger partial charge in [0.15, 0.2) is 0 Å². The second kappa shape index (κ2) is 5.21. The molecule has 0 radical (unpaired) electrons. The molecule has 1 aromatic carbocycles. The number of rotatable bonds is 0. The second-order valence-electron chi connectivity index (χ2n) is 1.94. The van der Waals surface area contributed by atoms with Gasteiger partial charge < -0.3 is 5.11 Å². The molecule has 0 saturated heterocycles. The quantitative estimate of drug-likeness (QED) is 0.437. The number of aromatic hydroxyl groups is 1. The van der Waals surface area contributed by atoms with Crippen LogP contribution in [0.4, 0.5) is 0 Å². The topological polar surface area (TPSA) is 61.1 Å². The Morgan fingerprint density at radius 1 is 1.36 bits per heavy atom. The molecular formula is C8H9NO2. The van der Waals surface area contributed by atoms with E-state index >= 15 is 0 Å². The second-order valence-corrected chi connectivity index (χ2v) is 1.94. The molecule has 0 atom stereocenters. The number of carbonyl (C=O) groups excluding carboxylic acids is 1. The third-order valence-corrected chi connectivity index (χ3v) is 1.03. The average molecular weight is 151 g/mol. The van der Waals surface area contributed by atoms with Crippen molar-refractivity contribution in [1.82, 2.24) is 0 Å². The summed E-state index contributed by atoms with van der Waals surface area (Å²) in [5, 5.41) is 14.2. The number of aryl methyl sites for hydroxylation is 1. The first-order chi connectivity index (χ1) is 5.20. The minimum atomic E-state index is 0.329. The fourth-order valence-corrected chi connectivity index (χ4v) is 0.545. The fraction of sp³-hybridized carbons (Fsp3) is 0.125. The lowest BCUT2D eigenvalue weighted by Crippen LogP contribution is -1.66. The van der Waals surface area contributed by atoms with Crippen LogP contribution in [0.5, 0.6) is 5.75 Å². The largest absolute Gasteiger partial charge is 0.508 e. The number of phenolic OH excluding ortho intramolecular Hbond substituents is 1. The minimum absolute atomic E-state index is 0.329. The van der Waals surface area contributed by atoms with Crippen LogP contribution in [-0.4, -0.2) is 11.2 Å². The lowest BCUT2D eigenvalue weighted by Gasteiger charge is -1.89. The zero-order valence-corrected chi connectivity index (χ0v) is 6.16. The van der Waals surface area contributed by atoms with Crippen LogP contribution in [0.2, 0.25) is 0 Å². The van der Waals surface area contributed by atoms with Crippen LogP contribution in [0.1, 0.15) is 5.56 Å². The molecule has 0 aliphatic carbocycles. The van der Waals surface area contributed by atoms with Crippen molar-refractivity contribution >= 4 is 6.08 Å². The van der Waals surface area contributed by atoms with Crippen molar-refractivity contribution in [3.05, 3.63) is 29.8 Å². The van der Waals surface area contributed by atoms with Crippen molar-refractivity contribution in [2.75, 3.05) is 0 Å². The highest BCUT2D eigenvalue weighted by atomic mass is 16.3. The Balaban J connectivity index is 0.000000292. The van der Waals surface area contributed by atoms with E-state index in [1.165, 1.54) is 5.56 Å². The van der Waals surface area contributed by atoms with E-state index in [1.807, 2.05) is 19.1 Å². The summed E-state index contributed by atoms with van der Waals surface area (Å²) in [5.74, 6) is 0.329. The molecule has 2 N–H and O–H groups in total. The van der Waals surface area contributed by atoms with Gasteiger partial charge >= 0.3 is 0 Å². The lowest BCUT2D eigenvalue weighted by molar-refractivity contribution is 0.475. The first-order valence-corrected chi connectivity index (χ1v) is 3.00. The van der Waals surface area contributed by atoms with Gasteiger partial charge in [0.2, 0.25) is 6.08 Å². The van der Waals surface area contributed by atoms with E-state index < -0.39 is 0 Å². The zero-order chi connectivity index (χ0) is 8.69. The van der Waals surface area contributed by atoms with Crippen LogP contribution in [-0.2, 0) is 4.79 Å². The van der Waals surface area contributed by atoms with Crippen molar-refractivity contribution in [2.45, 2.75) is 6.92 Å². The molecular weight excluding hydrogens is 142 g/mol. The molecule has 3 nitrogen and oxygen atoms in total. The Kier molecular flexibility index (Phi) is 4.45. The van der Waals surface area contributed by atoms with Crippen molar-refractivity contribution < 1.29 is 9.90 Å². The Labute approximate surface area is 64.8 Å². The molecule has 11 heavy (non-hydrogen) atoms. The Morgan fingerprint density at radius 2 is 1.73 bits per heavy atom. The van der Waals surface area contributed by atoms with Gasteiger partial charge in [0.1, 0.15) is 5.75 Å². The number of hydrogen-bond acceptors (Lipinski definition) is 3. The van der Waals surface area contributed by atoms with E-state index in [1.54, 1.807) is 12.1 Å². The standard InChI is InChI=1S/C7H8O.CHNO/c1-6-2-4-7(8)5-3-6;2-1-3/h2-5,8H,1H3;2H. The molecule has 0 saturated carbocycles. The maximum atomic E-state index is 8.76. The number of benzene rings is 1. The highest BCUT2D eigenvalue weighted by molar-refractivity contribution is 5.26. The van der Waals surface area contributed by atoms with Crippen LogP contribution in [0.15, 0.2) is 24.3 Å². The zero-order valence-electron chi connectivity index (χ0n) is 6.16. The summed E-state index contributed by atoms with van der Waals surface area (Å²) in [6.07, 6.45) is 0.750. The first kappa shape index (κ1) is 9.40. The Bertz CT molecular complexity index is 214. The SMILES string of the molecule is Cc1ccc(O)cc1.N=C=O. The first-order valence-electron chi connectivity index (χ1n) is 3.00.